The van der Waals surface area contributed by atoms with Gasteiger partial charge in [-0.05, 0) is 18.2 Å². The van der Waals surface area contributed by atoms with E-state index in [2.05, 4.69) is 4.98 Å². The molecule has 0 saturated heterocycles. The first-order valence-electron chi connectivity index (χ1n) is 5.05. The number of nitrogens with zero attached hydrogens (tertiary/aromatic N) is 2. The fourth-order valence-electron chi connectivity index (χ4n) is 1.74. The summed E-state index contributed by atoms with van der Waals surface area (Å²) < 4.78 is 1.57. The number of carbonyl (C=O) groups is 2. The van der Waals surface area contributed by atoms with E-state index in [1.165, 1.54) is 24.4 Å². The molecule has 19 heavy (non-hydrogen) atoms. The summed E-state index contributed by atoms with van der Waals surface area (Å²) in [6, 6.07) is 4.18. The van der Waals surface area contributed by atoms with E-state index in [1.807, 2.05) is 0 Å². The molecule has 2 aromatic heterocycles. The molecule has 1 radical (unpaired) electrons. The Kier molecular flexibility index (Phi) is 5.18. The van der Waals surface area contributed by atoms with Crippen molar-refractivity contribution >= 4 is 11.9 Å². The fourth-order valence-corrected chi connectivity index (χ4v) is 1.74. The van der Waals surface area contributed by atoms with Gasteiger partial charge in [-0.1, -0.05) is 0 Å². The van der Waals surface area contributed by atoms with E-state index >= 15 is 0 Å². The minimum Gasteiger partial charge on any atom is -0.545 e. The standard InChI is InChI=1S/C12H10N2O4.Sm/c1-14-5-3-8(11(15)16)10(14)7-2-4-13-9(6-7)12(17)18;/h2-6H,1H3,(H,15,16)(H,17,18);/q;+3/p-2. The first-order chi connectivity index (χ1) is 8.50. The van der Waals surface area contributed by atoms with Crippen molar-refractivity contribution in [3.63, 3.8) is 0 Å². The molecule has 2 rings (SSSR count). The molecule has 0 aromatic carbocycles. The third kappa shape index (κ3) is 3.18. The summed E-state index contributed by atoms with van der Waals surface area (Å²) in [7, 11) is 1.65. The van der Waals surface area contributed by atoms with Gasteiger partial charge in [0.25, 0.3) is 0 Å². The Labute approximate surface area is 141 Å². The molecule has 0 saturated carbocycles. The van der Waals surface area contributed by atoms with Crippen LogP contribution >= 0.6 is 0 Å². The molecule has 0 amide bonds. The fraction of sp³-hybridized carbons (Fsp3) is 0.0833. The van der Waals surface area contributed by atoms with Crippen LogP contribution in [0.4, 0.5) is 0 Å². The van der Waals surface area contributed by atoms with Crippen LogP contribution in [0.15, 0.2) is 30.6 Å². The topological polar surface area (TPSA) is 98.1 Å². The largest absolute Gasteiger partial charge is 3.00 e. The van der Waals surface area contributed by atoms with E-state index in [4.69, 9.17) is 0 Å². The molecule has 0 spiro atoms. The third-order valence-electron chi connectivity index (χ3n) is 2.54. The predicted octanol–water partition coefficient (Wildman–Crippen LogP) is -1.19. The Morgan fingerprint density at radius 1 is 1.21 bits per heavy atom. The molecule has 0 aliphatic rings. The number of hydrogen-bond acceptors (Lipinski definition) is 5. The number of carbonyl (C=O) groups excluding carboxylic acids is 2. The molecule has 0 fully saturated rings. The first kappa shape index (κ1) is 15.8. The van der Waals surface area contributed by atoms with Gasteiger partial charge >= 0.3 is 40.4 Å². The number of carboxylic acids is 2. The minimum atomic E-state index is -1.42. The number of pyridine rings is 1. The van der Waals surface area contributed by atoms with Crippen LogP contribution in [0.5, 0.6) is 0 Å². The Balaban J connectivity index is 0.00000180. The summed E-state index contributed by atoms with van der Waals surface area (Å²) in [5.41, 5.74) is 0.529. The first-order valence-corrected chi connectivity index (χ1v) is 5.05. The monoisotopic (exact) mass is 396 g/mol. The molecule has 6 nitrogen and oxygen atoms in total. The van der Waals surface area contributed by atoms with Crippen molar-refractivity contribution in [2.45, 2.75) is 0 Å². The minimum absolute atomic E-state index is 0. The van der Waals surface area contributed by atoms with E-state index in [-0.39, 0.29) is 51.6 Å². The second-order valence-corrected chi connectivity index (χ2v) is 3.69. The average Bonchev–Trinajstić information content (AvgIpc) is 2.71. The van der Waals surface area contributed by atoms with Gasteiger partial charge in [-0.15, -0.1) is 0 Å². The van der Waals surface area contributed by atoms with Crippen LogP contribution in [0.3, 0.4) is 0 Å². The molecule has 0 unspecified atom stereocenters. The predicted molar refractivity (Wildman–Crippen MR) is 57.3 cm³/mol. The van der Waals surface area contributed by atoms with Gasteiger partial charge in [0.05, 0.1) is 23.3 Å². The summed E-state index contributed by atoms with van der Waals surface area (Å²) >= 11 is 0. The second-order valence-electron chi connectivity index (χ2n) is 3.69. The molecule has 0 atom stereocenters. The van der Waals surface area contributed by atoms with Crippen molar-refractivity contribution in [2.24, 2.45) is 7.05 Å². The van der Waals surface area contributed by atoms with Crippen molar-refractivity contribution in [3.05, 3.63) is 41.9 Å². The maximum absolute atomic E-state index is 11.0. The van der Waals surface area contributed by atoms with Crippen LogP contribution in [-0.4, -0.2) is 21.5 Å². The zero-order valence-electron chi connectivity index (χ0n) is 9.82. The Morgan fingerprint density at radius 2 is 1.89 bits per heavy atom. The van der Waals surface area contributed by atoms with E-state index in [1.54, 1.807) is 17.8 Å². The number of carboxylic acid groups (broad SMARTS) is 2. The third-order valence-corrected chi connectivity index (χ3v) is 2.54. The van der Waals surface area contributed by atoms with Crippen molar-refractivity contribution in [1.29, 1.82) is 0 Å². The summed E-state index contributed by atoms with van der Waals surface area (Å²) in [5, 5.41) is 21.7. The van der Waals surface area contributed by atoms with Crippen LogP contribution in [-0.2, 0) is 7.05 Å². The zero-order valence-corrected chi connectivity index (χ0v) is 12.4. The van der Waals surface area contributed by atoms with Crippen LogP contribution in [0.2, 0.25) is 0 Å². The van der Waals surface area contributed by atoms with Gasteiger partial charge in [-0.25, -0.2) is 0 Å². The quantitative estimate of drug-likeness (QED) is 0.652. The van der Waals surface area contributed by atoms with E-state index in [0.717, 1.165) is 0 Å². The van der Waals surface area contributed by atoms with E-state index < -0.39 is 11.9 Å². The molecule has 7 heteroatoms. The zero-order chi connectivity index (χ0) is 13.3. The van der Waals surface area contributed by atoms with Gasteiger partial charge in [0.15, 0.2) is 0 Å². The van der Waals surface area contributed by atoms with Gasteiger partial charge in [-0.2, -0.15) is 0 Å². The molecular weight excluding hydrogens is 387 g/mol. The van der Waals surface area contributed by atoms with Crippen molar-refractivity contribution in [2.75, 3.05) is 0 Å². The van der Waals surface area contributed by atoms with Crippen LogP contribution in [0.1, 0.15) is 20.8 Å². The smallest absolute Gasteiger partial charge is 0.545 e. The van der Waals surface area contributed by atoms with Crippen molar-refractivity contribution < 1.29 is 60.2 Å². The van der Waals surface area contributed by atoms with Crippen LogP contribution in [0.25, 0.3) is 11.3 Å². The van der Waals surface area contributed by atoms with Gasteiger partial charge < -0.3 is 24.4 Å². The van der Waals surface area contributed by atoms with Gasteiger partial charge in [0, 0.05) is 30.6 Å². The molecule has 0 aliphatic heterocycles. The Morgan fingerprint density at radius 3 is 2.47 bits per heavy atom. The second kappa shape index (κ2) is 6.24. The molecule has 0 bridgehead atoms. The van der Waals surface area contributed by atoms with Gasteiger partial charge in [0.2, 0.25) is 0 Å². The molecule has 0 N–H and O–H groups in total. The Bertz CT molecular complexity index is 636. The average molecular weight is 395 g/mol. The van der Waals surface area contributed by atoms with Gasteiger partial charge in [-0.3, -0.25) is 4.98 Å². The molecule has 95 valence electrons. The van der Waals surface area contributed by atoms with E-state index in [0.29, 0.717) is 11.3 Å². The summed E-state index contributed by atoms with van der Waals surface area (Å²) in [6.45, 7) is 0. The normalized spacial score (nSPS) is 9.74. The number of hydrogen-bond donors (Lipinski definition) is 0. The number of aryl methyl sites for hydroxylation is 1. The number of aromatic nitrogens is 2. The molecule has 2 heterocycles. The van der Waals surface area contributed by atoms with Crippen LogP contribution < -0.4 is 10.2 Å². The molecular formula is C12H8N2O4Sm+. The Hall–Kier alpha value is -1.29. The maximum Gasteiger partial charge on any atom is 3.00 e. The van der Waals surface area contributed by atoms with Crippen molar-refractivity contribution in [3.8, 4) is 11.3 Å². The molecule has 2 aromatic rings. The number of aromatic carboxylic acids is 2. The number of rotatable bonds is 3. The summed E-state index contributed by atoms with van der Waals surface area (Å²) in [6.07, 6.45) is 2.84. The molecule has 0 aliphatic carbocycles. The summed E-state index contributed by atoms with van der Waals surface area (Å²) in [5.74, 6) is -2.74. The van der Waals surface area contributed by atoms with E-state index in [9.17, 15) is 19.8 Å². The maximum atomic E-state index is 11.0. The SMILES string of the molecule is Cn1ccc(C(=O)[O-])c1-c1ccnc(C(=O)[O-])c1.[Sm+3]. The van der Waals surface area contributed by atoms with Crippen LogP contribution in [0, 0.1) is 40.4 Å². The summed E-state index contributed by atoms with van der Waals surface area (Å²) in [4.78, 5) is 25.3. The van der Waals surface area contributed by atoms with Crippen molar-refractivity contribution in [1.82, 2.24) is 9.55 Å². The van der Waals surface area contributed by atoms with Gasteiger partial charge in [0.1, 0.15) is 0 Å².